The summed E-state index contributed by atoms with van der Waals surface area (Å²) < 4.78 is 0.720. The molecule has 0 aromatic heterocycles. The summed E-state index contributed by atoms with van der Waals surface area (Å²) >= 11 is 2.07. The summed E-state index contributed by atoms with van der Waals surface area (Å²) in [6, 6.07) is 0. The van der Waals surface area contributed by atoms with Crippen molar-refractivity contribution < 1.29 is 0 Å². The molecule has 7 heavy (non-hydrogen) atoms. The van der Waals surface area contributed by atoms with Gasteiger partial charge >= 0.3 is 27.3 Å². The number of halogens is 1. The van der Waals surface area contributed by atoms with Gasteiger partial charge in [0.25, 0.3) is 0 Å². The Kier molecular flexibility index (Phi) is 61.8. The molecule has 0 rings (SSSR count). The molecule has 0 heterocycles. The van der Waals surface area contributed by atoms with Crippen molar-refractivity contribution in [2.24, 2.45) is 11.5 Å². The Morgan fingerprint density at radius 1 is 1.71 bits per heavy atom. The van der Waals surface area contributed by atoms with Gasteiger partial charge in [-0.05, 0) is 0 Å². The van der Waals surface area contributed by atoms with Crippen molar-refractivity contribution in [3.8, 4) is 0 Å². The Bertz CT molecular complexity index is 26.9. The van der Waals surface area contributed by atoms with E-state index < -0.39 is 0 Å². The molecule has 0 atom stereocenters. The van der Waals surface area contributed by atoms with Crippen LogP contribution >= 0.6 is 22.6 Å². The van der Waals surface area contributed by atoms with E-state index in [1.165, 1.54) is 0 Å². The molecule has 0 fully saturated rings. The molecule has 0 aliphatic carbocycles. The molecular weight excluding hydrogens is 400 g/mol. The number of alkyl halides is 1. The van der Waals surface area contributed by atoms with E-state index in [9.17, 15) is 0 Å². The Morgan fingerprint density at radius 3 is 1.71 bits per heavy atom. The molecule has 2 radical (unpaired) electrons. The Hall–Kier alpha value is 1.08. The molecule has 0 aromatic carbocycles. The van der Waals surface area contributed by atoms with Crippen LogP contribution in [0.25, 0.3) is 0 Å². The van der Waals surface area contributed by atoms with Crippen LogP contribution in [0.1, 0.15) is 0 Å². The van der Waals surface area contributed by atoms with E-state index >= 15 is 0 Å². The third kappa shape index (κ3) is 156. The minimum atomic E-state index is 0. The van der Waals surface area contributed by atoms with Crippen LogP contribution in [0.3, 0.4) is 0 Å². The second-order valence-electron chi connectivity index (χ2n) is 0.321. The van der Waals surface area contributed by atoms with E-state index in [-0.39, 0.29) is 27.3 Å². The molecule has 0 saturated carbocycles. The van der Waals surface area contributed by atoms with Crippen LogP contribution in [0.5, 0.6) is 0 Å². The molecule has 0 saturated heterocycles. The van der Waals surface area contributed by atoms with Gasteiger partial charge < -0.3 is 11.5 Å². The third-order valence-corrected chi connectivity index (χ3v) is 0. The maximum absolute atomic E-state index is 5.86. The Labute approximate surface area is 77.0 Å². The normalized spacial score (nSPS) is 4.29. The third-order valence-electron chi connectivity index (χ3n) is 0. The fraction of sp³-hybridized carbons (Fsp3) is 0.500. The number of hydrogen-bond donors (Lipinski definition) is 3. The van der Waals surface area contributed by atoms with Crippen molar-refractivity contribution >= 4 is 56.2 Å². The number of nitrogens with two attached hydrogens (primary N) is 2. The average Bonchev–Trinajstić information content (AvgIpc) is 1.39. The van der Waals surface area contributed by atoms with Gasteiger partial charge in [-0.25, -0.2) is 0 Å². The van der Waals surface area contributed by atoms with E-state index in [1.54, 1.807) is 0 Å². The summed E-state index contributed by atoms with van der Waals surface area (Å²) in [7, 11) is 0. The van der Waals surface area contributed by atoms with Gasteiger partial charge in [-0.15, -0.1) is 0 Å². The SMILES string of the molecule is N=CN.NCI.[PbH2]. The summed E-state index contributed by atoms with van der Waals surface area (Å²) in [5.41, 5.74) is 9.22. The van der Waals surface area contributed by atoms with Crippen LogP contribution in [0.4, 0.5) is 0 Å². The van der Waals surface area contributed by atoms with Crippen LogP contribution in [0.2, 0.25) is 0 Å². The number of nitrogens with one attached hydrogen (secondary N) is 1. The quantitative estimate of drug-likeness (QED) is 0.119. The van der Waals surface area contributed by atoms with E-state index in [0.29, 0.717) is 0 Å². The average molecular weight is 410 g/mol. The van der Waals surface area contributed by atoms with Crippen LogP contribution in [0, 0.1) is 5.41 Å². The topological polar surface area (TPSA) is 75.9 Å². The first-order chi connectivity index (χ1) is 2.83. The summed E-state index contributed by atoms with van der Waals surface area (Å²) in [6.07, 6.45) is 0.750. The van der Waals surface area contributed by atoms with Crippen molar-refractivity contribution in [3.63, 3.8) is 0 Å². The van der Waals surface area contributed by atoms with Gasteiger partial charge in [0.15, 0.2) is 0 Å². The first-order valence-corrected chi connectivity index (χ1v) is 2.82. The van der Waals surface area contributed by atoms with Crippen LogP contribution in [-0.2, 0) is 0 Å². The molecule has 5 N–H and O–H groups in total. The van der Waals surface area contributed by atoms with Crippen molar-refractivity contribution in [1.29, 1.82) is 5.41 Å². The van der Waals surface area contributed by atoms with Gasteiger partial charge in [0.1, 0.15) is 0 Å². The molecule has 0 spiro atoms. The van der Waals surface area contributed by atoms with E-state index in [0.717, 1.165) is 10.9 Å². The zero-order valence-corrected chi connectivity index (χ0v) is 11.7. The van der Waals surface area contributed by atoms with Gasteiger partial charge in [-0.3, -0.25) is 5.41 Å². The second kappa shape index (κ2) is 27.6. The summed E-state index contributed by atoms with van der Waals surface area (Å²) in [5.74, 6) is 0. The predicted octanol–water partition coefficient (Wildman–Crippen LogP) is -1.03. The number of hydrogen-bond acceptors (Lipinski definition) is 2. The Balaban J connectivity index is -0.0000000400. The molecule has 5 heteroatoms. The van der Waals surface area contributed by atoms with Gasteiger partial charge in [0, 0.05) is 4.55 Å². The fourth-order valence-electron chi connectivity index (χ4n) is 0. The fourth-order valence-corrected chi connectivity index (χ4v) is 0. The molecule has 0 aromatic rings. The van der Waals surface area contributed by atoms with Crippen LogP contribution in [0.15, 0.2) is 0 Å². The molecule has 0 amide bonds. The molecule has 0 bridgehead atoms. The van der Waals surface area contributed by atoms with Gasteiger partial charge in [-0.1, -0.05) is 22.6 Å². The molecule has 0 aliphatic rings. The van der Waals surface area contributed by atoms with Crippen molar-refractivity contribution in [2.75, 3.05) is 4.55 Å². The van der Waals surface area contributed by atoms with Gasteiger partial charge in [0.2, 0.25) is 0 Å². The van der Waals surface area contributed by atoms with Crippen molar-refractivity contribution in [1.82, 2.24) is 0 Å². The summed E-state index contributed by atoms with van der Waals surface area (Å²) in [4.78, 5) is 0. The first kappa shape index (κ1) is 15.7. The molecule has 0 unspecified atom stereocenters. The molecule has 44 valence electrons. The maximum atomic E-state index is 5.86. The summed E-state index contributed by atoms with van der Waals surface area (Å²) in [6.45, 7) is 0. The first-order valence-electron chi connectivity index (χ1n) is 1.30. The molecular formula is C2H10IN3Pb. The summed E-state index contributed by atoms with van der Waals surface area (Å²) in [5, 5.41) is 5.86. The van der Waals surface area contributed by atoms with E-state index in [4.69, 9.17) is 11.1 Å². The monoisotopic (exact) mass is 411 g/mol. The zero-order chi connectivity index (χ0) is 5.41. The minimum absolute atomic E-state index is 0. The van der Waals surface area contributed by atoms with Crippen LogP contribution < -0.4 is 11.5 Å². The van der Waals surface area contributed by atoms with E-state index in [1.807, 2.05) is 0 Å². The second-order valence-corrected chi connectivity index (χ2v) is 1.20. The predicted molar refractivity (Wildman–Crippen MR) is 44.6 cm³/mol. The molecule has 0 aliphatic heterocycles. The van der Waals surface area contributed by atoms with Gasteiger partial charge in [-0.2, -0.15) is 0 Å². The Morgan fingerprint density at radius 2 is 1.71 bits per heavy atom. The molecule has 3 nitrogen and oxygen atoms in total. The van der Waals surface area contributed by atoms with E-state index in [2.05, 4.69) is 28.3 Å². The standard InChI is InChI=1S/CH4IN.CH4N2.Pb.2H/c2*2-1-3;;;/h1,3H2;1H,(H3,2,3);;;. The number of rotatable bonds is 0. The van der Waals surface area contributed by atoms with Crippen molar-refractivity contribution in [3.05, 3.63) is 0 Å². The van der Waals surface area contributed by atoms with Gasteiger partial charge in [0.05, 0.1) is 6.34 Å². The zero-order valence-electron chi connectivity index (χ0n) is 4.02. The van der Waals surface area contributed by atoms with Crippen LogP contribution in [-0.4, -0.2) is 38.2 Å². The van der Waals surface area contributed by atoms with Crippen molar-refractivity contribution in [2.45, 2.75) is 0 Å².